The van der Waals surface area contributed by atoms with Crippen LogP contribution in [0.1, 0.15) is 37.5 Å². The molecule has 1 N–H and O–H groups in total. The van der Waals surface area contributed by atoms with Crippen molar-refractivity contribution in [2.24, 2.45) is 0 Å². The van der Waals surface area contributed by atoms with Crippen LogP contribution in [0.2, 0.25) is 5.15 Å². The van der Waals surface area contributed by atoms with Gasteiger partial charge in [0.1, 0.15) is 0 Å². The van der Waals surface area contributed by atoms with Crippen molar-refractivity contribution >= 4 is 17.3 Å². The number of aryl methyl sites for hydroxylation is 1. The van der Waals surface area contributed by atoms with Crippen LogP contribution < -0.4 is 5.32 Å². The van der Waals surface area contributed by atoms with Crippen LogP contribution in [0.15, 0.2) is 36.5 Å². The van der Waals surface area contributed by atoms with Gasteiger partial charge in [-0.05, 0) is 35.1 Å². The molecule has 0 unspecified atom stereocenters. The van der Waals surface area contributed by atoms with E-state index in [0.717, 1.165) is 17.8 Å². The van der Waals surface area contributed by atoms with Crippen molar-refractivity contribution in [3.8, 4) is 0 Å². The van der Waals surface area contributed by atoms with Crippen LogP contribution >= 0.6 is 11.6 Å². The zero-order valence-electron chi connectivity index (χ0n) is 12.5. The highest BCUT2D eigenvalue weighted by molar-refractivity contribution is 6.32. The molecule has 1 heterocycles. The van der Waals surface area contributed by atoms with E-state index < -0.39 is 0 Å². The molecule has 0 bridgehead atoms. The van der Waals surface area contributed by atoms with E-state index in [1.54, 1.807) is 6.20 Å². The molecule has 2 nitrogen and oxygen atoms in total. The van der Waals surface area contributed by atoms with E-state index in [9.17, 15) is 0 Å². The Morgan fingerprint density at radius 3 is 2.30 bits per heavy atom. The van der Waals surface area contributed by atoms with Gasteiger partial charge in [-0.25, -0.2) is 4.98 Å². The molecule has 0 atom stereocenters. The van der Waals surface area contributed by atoms with Crippen LogP contribution in [0.5, 0.6) is 0 Å². The van der Waals surface area contributed by atoms with E-state index in [2.05, 4.69) is 55.3 Å². The minimum atomic E-state index is 0.190. The van der Waals surface area contributed by atoms with Gasteiger partial charge in [-0.1, -0.05) is 56.6 Å². The van der Waals surface area contributed by atoms with Crippen molar-refractivity contribution in [1.29, 1.82) is 0 Å². The van der Waals surface area contributed by atoms with E-state index in [0.29, 0.717) is 5.15 Å². The van der Waals surface area contributed by atoms with Crippen LogP contribution in [0, 0.1) is 6.92 Å². The number of anilines is 1. The first kappa shape index (κ1) is 14.9. The Balaban J connectivity index is 2.08. The highest BCUT2D eigenvalue weighted by Crippen LogP contribution is 2.25. The fourth-order valence-electron chi connectivity index (χ4n) is 2.05. The second-order valence-electron chi connectivity index (χ2n) is 6.09. The van der Waals surface area contributed by atoms with Gasteiger partial charge in [0.25, 0.3) is 0 Å². The van der Waals surface area contributed by atoms with Crippen LogP contribution in [-0.2, 0) is 12.0 Å². The van der Waals surface area contributed by atoms with Gasteiger partial charge >= 0.3 is 0 Å². The molecule has 3 heteroatoms. The molecule has 20 heavy (non-hydrogen) atoms. The van der Waals surface area contributed by atoms with E-state index in [1.807, 2.05) is 13.0 Å². The quantitative estimate of drug-likeness (QED) is 0.808. The monoisotopic (exact) mass is 288 g/mol. The standard InChI is InChI=1S/C17H21ClN2/c1-12-9-10-19-16(18)15(12)20-11-13-5-7-14(8-6-13)17(2,3)4/h5-10,20H,11H2,1-4H3. The number of nitrogens with zero attached hydrogens (tertiary/aromatic N) is 1. The van der Waals surface area contributed by atoms with Crippen molar-refractivity contribution in [3.63, 3.8) is 0 Å². The van der Waals surface area contributed by atoms with Gasteiger partial charge in [0, 0.05) is 12.7 Å². The fourth-order valence-corrected chi connectivity index (χ4v) is 2.32. The van der Waals surface area contributed by atoms with Gasteiger partial charge in [-0.2, -0.15) is 0 Å². The number of rotatable bonds is 3. The number of hydrogen-bond acceptors (Lipinski definition) is 2. The minimum Gasteiger partial charge on any atom is -0.378 e. The van der Waals surface area contributed by atoms with Crippen LogP contribution in [0.4, 0.5) is 5.69 Å². The summed E-state index contributed by atoms with van der Waals surface area (Å²) in [6.07, 6.45) is 1.72. The maximum absolute atomic E-state index is 6.11. The molecular weight excluding hydrogens is 268 g/mol. The summed E-state index contributed by atoms with van der Waals surface area (Å²) in [5.74, 6) is 0. The van der Waals surface area contributed by atoms with E-state index >= 15 is 0 Å². The maximum atomic E-state index is 6.11. The molecule has 0 radical (unpaired) electrons. The first-order valence-corrected chi connectivity index (χ1v) is 7.20. The molecule has 0 aliphatic carbocycles. The van der Waals surface area contributed by atoms with Crippen molar-refractivity contribution < 1.29 is 0 Å². The molecule has 0 spiro atoms. The lowest BCUT2D eigenvalue weighted by Crippen LogP contribution is -2.11. The van der Waals surface area contributed by atoms with Crippen molar-refractivity contribution in [2.45, 2.75) is 39.7 Å². The smallest absolute Gasteiger partial charge is 0.152 e. The van der Waals surface area contributed by atoms with E-state index in [1.165, 1.54) is 11.1 Å². The van der Waals surface area contributed by atoms with E-state index in [-0.39, 0.29) is 5.41 Å². The Labute approximate surface area is 126 Å². The maximum Gasteiger partial charge on any atom is 0.152 e. The van der Waals surface area contributed by atoms with Gasteiger partial charge < -0.3 is 5.32 Å². The molecule has 0 saturated heterocycles. The molecule has 0 fully saturated rings. The third-order valence-corrected chi connectivity index (χ3v) is 3.69. The van der Waals surface area contributed by atoms with Crippen LogP contribution in [-0.4, -0.2) is 4.98 Å². The SMILES string of the molecule is Cc1ccnc(Cl)c1NCc1ccc(C(C)(C)C)cc1. The Morgan fingerprint density at radius 1 is 1.10 bits per heavy atom. The van der Waals surface area contributed by atoms with Crippen molar-refractivity contribution in [1.82, 2.24) is 4.98 Å². The predicted octanol–water partition coefficient (Wildman–Crippen LogP) is 4.95. The van der Waals surface area contributed by atoms with Crippen molar-refractivity contribution in [2.75, 3.05) is 5.32 Å². The summed E-state index contributed by atoms with van der Waals surface area (Å²) in [4.78, 5) is 4.10. The Kier molecular flexibility index (Phi) is 4.34. The van der Waals surface area contributed by atoms with Gasteiger partial charge in [-0.3, -0.25) is 0 Å². The fraction of sp³-hybridized carbons (Fsp3) is 0.353. The van der Waals surface area contributed by atoms with Crippen LogP contribution in [0.3, 0.4) is 0 Å². The summed E-state index contributed by atoms with van der Waals surface area (Å²) >= 11 is 6.11. The first-order chi connectivity index (χ1) is 9.38. The molecule has 2 aromatic rings. The minimum absolute atomic E-state index is 0.190. The average molecular weight is 289 g/mol. The Bertz CT molecular complexity index is 563. The number of hydrogen-bond donors (Lipinski definition) is 1. The van der Waals surface area contributed by atoms with Gasteiger partial charge in [0.05, 0.1) is 5.69 Å². The topological polar surface area (TPSA) is 24.9 Å². The lowest BCUT2D eigenvalue weighted by molar-refractivity contribution is 0.590. The summed E-state index contributed by atoms with van der Waals surface area (Å²) < 4.78 is 0. The number of benzene rings is 1. The van der Waals surface area contributed by atoms with Gasteiger partial charge in [0.2, 0.25) is 0 Å². The first-order valence-electron chi connectivity index (χ1n) is 6.82. The summed E-state index contributed by atoms with van der Waals surface area (Å²) in [6, 6.07) is 10.7. The summed E-state index contributed by atoms with van der Waals surface area (Å²) in [6.45, 7) is 9.44. The highest BCUT2D eigenvalue weighted by atomic mass is 35.5. The van der Waals surface area contributed by atoms with Gasteiger partial charge in [-0.15, -0.1) is 0 Å². The lowest BCUT2D eigenvalue weighted by atomic mass is 9.87. The molecule has 1 aromatic carbocycles. The molecule has 0 amide bonds. The Morgan fingerprint density at radius 2 is 1.75 bits per heavy atom. The van der Waals surface area contributed by atoms with Gasteiger partial charge in [0.15, 0.2) is 5.15 Å². The number of nitrogens with one attached hydrogen (secondary N) is 1. The number of aromatic nitrogens is 1. The normalized spacial score (nSPS) is 11.4. The number of pyridine rings is 1. The second kappa shape index (κ2) is 5.84. The predicted molar refractivity (Wildman–Crippen MR) is 86.5 cm³/mol. The summed E-state index contributed by atoms with van der Waals surface area (Å²) in [5.41, 5.74) is 4.79. The molecular formula is C17H21ClN2. The molecule has 106 valence electrons. The summed E-state index contributed by atoms with van der Waals surface area (Å²) in [7, 11) is 0. The largest absolute Gasteiger partial charge is 0.378 e. The molecule has 0 aliphatic heterocycles. The third kappa shape index (κ3) is 3.51. The zero-order valence-corrected chi connectivity index (χ0v) is 13.3. The van der Waals surface area contributed by atoms with Crippen molar-refractivity contribution in [3.05, 3.63) is 58.4 Å². The average Bonchev–Trinajstić information content (AvgIpc) is 2.37. The number of halogens is 1. The highest BCUT2D eigenvalue weighted by Gasteiger charge is 2.12. The summed E-state index contributed by atoms with van der Waals surface area (Å²) in [5, 5.41) is 3.89. The lowest BCUT2D eigenvalue weighted by Gasteiger charge is -2.19. The second-order valence-corrected chi connectivity index (χ2v) is 6.45. The molecule has 2 rings (SSSR count). The zero-order chi connectivity index (χ0) is 14.8. The molecule has 1 aromatic heterocycles. The molecule has 0 aliphatic rings. The molecule has 0 saturated carbocycles. The van der Waals surface area contributed by atoms with Crippen LogP contribution in [0.25, 0.3) is 0 Å². The third-order valence-electron chi connectivity index (χ3n) is 3.40. The Hall–Kier alpha value is -1.54. The van der Waals surface area contributed by atoms with E-state index in [4.69, 9.17) is 11.6 Å².